The molecule has 0 amide bonds. The fraction of sp³-hybridized carbons (Fsp3) is 0.286. The van der Waals surface area contributed by atoms with Gasteiger partial charge < -0.3 is 0 Å². The quantitative estimate of drug-likeness (QED) is 0.768. The van der Waals surface area contributed by atoms with Crippen LogP contribution in [0.25, 0.3) is 0 Å². The number of carbonyl (C=O) groups excluding carboxylic acids is 1. The van der Waals surface area contributed by atoms with Crippen LogP contribution < -0.4 is 21.5 Å². The van der Waals surface area contributed by atoms with Crippen LogP contribution in [-0.4, -0.2) is 21.9 Å². The average Bonchev–Trinajstić information content (AvgIpc) is 2.49. The van der Waals surface area contributed by atoms with Crippen molar-refractivity contribution >= 4 is 23.2 Å². The van der Waals surface area contributed by atoms with Crippen molar-refractivity contribution in [1.82, 2.24) is 9.55 Å². The van der Waals surface area contributed by atoms with Crippen molar-refractivity contribution in [3.05, 3.63) is 55.4 Å². The van der Waals surface area contributed by atoms with E-state index in [2.05, 4.69) is 10.3 Å². The summed E-state index contributed by atoms with van der Waals surface area (Å²) < 4.78 is 38.8. The molecule has 2 heterocycles. The Morgan fingerprint density at radius 3 is 2.64 bits per heavy atom. The van der Waals surface area contributed by atoms with Gasteiger partial charge in [-0.1, -0.05) is 11.6 Å². The minimum absolute atomic E-state index is 0.0427. The van der Waals surface area contributed by atoms with Crippen molar-refractivity contribution in [1.29, 1.82) is 0 Å². The number of anilines is 1. The van der Waals surface area contributed by atoms with Gasteiger partial charge in [-0.15, -0.1) is 0 Å². The van der Waals surface area contributed by atoms with Crippen LogP contribution in [0.1, 0.15) is 22.8 Å². The fourth-order valence-corrected chi connectivity index (χ4v) is 2.23. The molecule has 0 unspecified atom stereocenters. The second kappa shape index (κ2) is 7.09. The standard InChI is InChI=1S/C14H12ClF3N4O3/c1-7(23)9-6-22(13(25)21-12(9)24)3-2-19-11-10(15)4-8(5-20-11)14(16,17)18/h4-6H,2-3H2,1H3,(H,19,20)(H,21,24,25)/p+1. The number of hydrogen-bond donors (Lipinski definition) is 2. The van der Waals surface area contributed by atoms with Gasteiger partial charge >= 0.3 is 11.9 Å². The third-order valence-corrected chi connectivity index (χ3v) is 3.56. The van der Waals surface area contributed by atoms with Crippen molar-refractivity contribution in [2.75, 3.05) is 11.9 Å². The van der Waals surface area contributed by atoms with Crippen LogP contribution in [0.5, 0.6) is 0 Å². The van der Waals surface area contributed by atoms with E-state index in [0.29, 0.717) is 0 Å². The first-order valence-corrected chi connectivity index (χ1v) is 7.34. The molecule has 0 aliphatic heterocycles. The molecule has 2 aromatic heterocycles. The Morgan fingerprint density at radius 1 is 1.40 bits per heavy atom. The van der Waals surface area contributed by atoms with E-state index in [1.54, 1.807) is 0 Å². The highest BCUT2D eigenvalue weighted by molar-refractivity contribution is 6.32. The molecular weight excluding hydrogens is 365 g/mol. The first-order valence-electron chi connectivity index (χ1n) is 6.96. The molecule has 2 rings (SSSR count). The Labute approximate surface area is 143 Å². The molecule has 0 atom stereocenters. The molecule has 0 spiro atoms. The second-order valence-corrected chi connectivity index (χ2v) is 5.49. The van der Waals surface area contributed by atoms with E-state index in [1.165, 1.54) is 6.92 Å². The summed E-state index contributed by atoms with van der Waals surface area (Å²) in [5, 5.41) is 2.57. The van der Waals surface area contributed by atoms with Crippen molar-refractivity contribution in [2.45, 2.75) is 19.6 Å². The minimum Gasteiger partial charge on any atom is -0.296 e. The molecule has 0 aliphatic carbocycles. The summed E-state index contributed by atoms with van der Waals surface area (Å²) in [6, 6.07) is 0.764. The number of pyridine rings is 1. The minimum atomic E-state index is -4.52. The zero-order chi connectivity index (χ0) is 18.8. The highest BCUT2D eigenvalue weighted by atomic mass is 35.5. The number of Topliss-reactive ketones (excluding diaryl/α,β-unsaturated/α-hetero) is 1. The molecule has 0 radical (unpaired) electrons. The number of rotatable bonds is 5. The maximum absolute atomic E-state index is 12.6. The van der Waals surface area contributed by atoms with Crippen LogP contribution >= 0.6 is 11.6 Å². The zero-order valence-electron chi connectivity index (χ0n) is 12.8. The predicted molar refractivity (Wildman–Crippen MR) is 82.8 cm³/mol. The van der Waals surface area contributed by atoms with E-state index >= 15 is 0 Å². The van der Waals surface area contributed by atoms with E-state index in [0.717, 1.165) is 23.0 Å². The van der Waals surface area contributed by atoms with Gasteiger partial charge in [0.1, 0.15) is 17.8 Å². The van der Waals surface area contributed by atoms with Gasteiger partial charge in [-0.05, 0) is 13.0 Å². The monoisotopic (exact) mass is 377 g/mol. The number of nitrogens with zero attached hydrogens (tertiary/aromatic N) is 1. The number of halogens is 4. The molecule has 11 heteroatoms. The smallest absolute Gasteiger partial charge is 0.296 e. The van der Waals surface area contributed by atoms with E-state index in [-0.39, 0.29) is 29.5 Å². The summed E-state index contributed by atoms with van der Waals surface area (Å²) in [5.41, 5.74) is -2.58. The molecule has 0 aromatic carbocycles. The van der Waals surface area contributed by atoms with Crippen LogP contribution in [0, 0.1) is 0 Å². The maximum Gasteiger partial charge on any atom is 0.419 e. The summed E-state index contributed by atoms with van der Waals surface area (Å²) in [6.07, 6.45) is -2.64. The van der Waals surface area contributed by atoms with E-state index in [1.807, 2.05) is 4.98 Å². The molecule has 25 heavy (non-hydrogen) atoms. The number of aromatic amines is 2. The molecule has 3 N–H and O–H groups in total. The summed E-state index contributed by atoms with van der Waals surface area (Å²) >= 11 is 5.78. The highest BCUT2D eigenvalue weighted by Crippen LogP contribution is 2.30. The number of alkyl halides is 3. The van der Waals surface area contributed by atoms with Gasteiger partial charge in [0.05, 0.1) is 17.7 Å². The van der Waals surface area contributed by atoms with Gasteiger partial charge in [0.2, 0.25) is 0 Å². The third-order valence-electron chi connectivity index (χ3n) is 3.27. The Bertz CT molecular complexity index is 921. The lowest BCUT2D eigenvalue weighted by atomic mass is 10.2. The largest absolute Gasteiger partial charge is 0.419 e. The number of hydrogen-bond acceptors (Lipinski definition) is 4. The molecule has 0 fully saturated rings. The van der Waals surface area contributed by atoms with Crippen LogP contribution in [0.4, 0.5) is 19.0 Å². The van der Waals surface area contributed by atoms with Gasteiger partial charge in [0.15, 0.2) is 5.78 Å². The molecular formula is C14H13ClF3N4O3+. The van der Waals surface area contributed by atoms with Crippen molar-refractivity contribution in [3.8, 4) is 0 Å². The predicted octanol–water partition coefficient (Wildman–Crippen LogP) is 1.34. The molecule has 0 bridgehead atoms. The molecule has 0 aliphatic rings. The van der Waals surface area contributed by atoms with Crippen LogP contribution in [0.2, 0.25) is 5.02 Å². The van der Waals surface area contributed by atoms with Crippen molar-refractivity contribution in [2.24, 2.45) is 0 Å². The van der Waals surface area contributed by atoms with Crippen LogP contribution in [-0.2, 0) is 12.7 Å². The molecule has 2 aromatic rings. The lowest BCUT2D eigenvalue weighted by molar-refractivity contribution is -0.364. The summed E-state index contributed by atoms with van der Waals surface area (Å²) in [7, 11) is 0. The summed E-state index contributed by atoms with van der Waals surface area (Å²) in [6.45, 7) is 1.33. The van der Waals surface area contributed by atoms with Gasteiger partial charge in [-0.25, -0.2) is 9.78 Å². The average molecular weight is 378 g/mol. The second-order valence-electron chi connectivity index (χ2n) is 5.09. The van der Waals surface area contributed by atoms with Crippen LogP contribution in [0.3, 0.4) is 0 Å². The van der Waals surface area contributed by atoms with E-state index in [4.69, 9.17) is 11.6 Å². The fourth-order valence-electron chi connectivity index (χ4n) is 2.00. The van der Waals surface area contributed by atoms with Gasteiger partial charge in [-0.3, -0.25) is 24.5 Å². The van der Waals surface area contributed by atoms with Gasteiger partial charge in [0.25, 0.3) is 11.4 Å². The lowest BCUT2D eigenvalue weighted by Crippen LogP contribution is -2.34. The van der Waals surface area contributed by atoms with Crippen molar-refractivity contribution in [3.63, 3.8) is 0 Å². The molecule has 0 saturated heterocycles. The van der Waals surface area contributed by atoms with Gasteiger partial charge in [-0.2, -0.15) is 13.2 Å². The Balaban J connectivity index is 2.11. The normalized spacial score (nSPS) is 11.4. The Kier molecular flexibility index (Phi) is 5.31. The zero-order valence-corrected chi connectivity index (χ0v) is 13.6. The van der Waals surface area contributed by atoms with Crippen molar-refractivity contribution < 1.29 is 22.9 Å². The number of nitrogens with one attached hydrogen (secondary N) is 3. The molecule has 134 valence electrons. The summed E-state index contributed by atoms with van der Waals surface area (Å²) in [4.78, 5) is 38.9. The molecule has 7 nitrogen and oxygen atoms in total. The first-order chi connectivity index (χ1) is 11.6. The molecule has 0 saturated carbocycles. The lowest BCUT2D eigenvalue weighted by Gasteiger charge is -2.08. The number of aromatic nitrogens is 3. The Hall–Kier alpha value is -2.62. The number of H-pyrrole nitrogens is 2. The van der Waals surface area contributed by atoms with E-state index in [9.17, 15) is 27.6 Å². The Morgan fingerprint density at radius 2 is 2.08 bits per heavy atom. The first kappa shape index (κ1) is 18.7. The number of ketones is 1. The van der Waals surface area contributed by atoms with E-state index < -0.39 is 28.8 Å². The highest BCUT2D eigenvalue weighted by Gasteiger charge is 2.32. The van der Waals surface area contributed by atoms with Crippen LogP contribution in [0.15, 0.2) is 28.0 Å². The SMILES string of the molecule is CC(=O)c1cn(CCNc2[nH+]cc(C(F)(F)F)cc2Cl)c(=O)[nH]c1=O. The third kappa shape index (κ3) is 4.47. The van der Waals surface area contributed by atoms with Gasteiger partial charge in [0, 0.05) is 6.20 Å². The topological polar surface area (TPSA) is 98.1 Å². The summed E-state index contributed by atoms with van der Waals surface area (Å²) in [5.74, 6) is -0.360. The number of carbonyl (C=O) groups is 1. The maximum atomic E-state index is 12.6.